The van der Waals surface area contributed by atoms with E-state index >= 15 is 0 Å². The lowest BCUT2D eigenvalue weighted by Crippen LogP contribution is -2.11. The Bertz CT molecular complexity index is 519. The van der Waals surface area contributed by atoms with Crippen molar-refractivity contribution in [1.82, 2.24) is 4.37 Å². The highest BCUT2D eigenvalue weighted by Gasteiger charge is 2.24. The lowest BCUT2D eigenvalue weighted by Gasteiger charge is -2.10. The molecule has 0 atom stereocenters. The minimum absolute atomic E-state index is 0.0485. The molecule has 1 aliphatic carbocycles. The molecule has 1 saturated carbocycles. The van der Waals surface area contributed by atoms with Crippen LogP contribution in [0.4, 0.5) is 10.8 Å². The Balaban J connectivity index is 2.00. The number of anilines is 2. The third-order valence-corrected chi connectivity index (χ3v) is 6.42. The average molecular weight is 303 g/mol. The van der Waals surface area contributed by atoms with Crippen molar-refractivity contribution < 1.29 is 8.42 Å². The number of nitrogens with one attached hydrogen (secondary N) is 1. The van der Waals surface area contributed by atoms with Crippen LogP contribution in [0.15, 0.2) is 4.90 Å². The predicted molar refractivity (Wildman–Crippen MR) is 79.3 cm³/mol. The molecule has 0 aliphatic heterocycles. The zero-order chi connectivity index (χ0) is 13.9. The first-order valence-electron chi connectivity index (χ1n) is 6.76. The van der Waals surface area contributed by atoms with Crippen LogP contribution >= 0.6 is 11.5 Å². The maximum Gasteiger partial charge on any atom is 0.184 e. The van der Waals surface area contributed by atoms with Gasteiger partial charge in [-0.1, -0.05) is 32.6 Å². The van der Waals surface area contributed by atoms with Gasteiger partial charge >= 0.3 is 0 Å². The number of nitrogens with two attached hydrogens (primary N) is 1. The van der Waals surface area contributed by atoms with E-state index < -0.39 is 9.84 Å². The number of sulfone groups is 1. The van der Waals surface area contributed by atoms with Crippen LogP contribution in [-0.2, 0) is 9.84 Å². The van der Waals surface area contributed by atoms with Crippen LogP contribution < -0.4 is 11.1 Å². The second-order valence-corrected chi connectivity index (χ2v) is 7.98. The van der Waals surface area contributed by atoms with Crippen molar-refractivity contribution in [2.45, 2.75) is 43.9 Å². The molecular formula is C12H21N3O2S2. The molecule has 0 bridgehead atoms. The lowest BCUT2D eigenvalue weighted by molar-refractivity contribution is 0.518. The molecule has 108 valence electrons. The van der Waals surface area contributed by atoms with Crippen LogP contribution in [0.5, 0.6) is 0 Å². The van der Waals surface area contributed by atoms with Gasteiger partial charge in [-0.05, 0) is 23.9 Å². The van der Waals surface area contributed by atoms with Gasteiger partial charge in [-0.2, -0.15) is 4.37 Å². The van der Waals surface area contributed by atoms with Gasteiger partial charge in [0.05, 0.1) is 5.75 Å². The summed E-state index contributed by atoms with van der Waals surface area (Å²) in [5.74, 6) is 0.951. The Kier molecular flexibility index (Phi) is 4.67. The van der Waals surface area contributed by atoms with E-state index in [0.29, 0.717) is 5.00 Å². The van der Waals surface area contributed by atoms with Crippen LogP contribution in [0.2, 0.25) is 0 Å². The molecule has 0 amide bonds. The Morgan fingerprint density at radius 2 is 2.11 bits per heavy atom. The van der Waals surface area contributed by atoms with Gasteiger partial charge in [0, 0.05) is 6.54 Å². The molecule has 0 unspecified atom stereocenters. The van der Waals surface area contributed by atoms with Gasteiger partial charge in [-0.15, -0.1) is 0 Å². The Morgan fingerprint density at radius 3 is 2.74 bits per heavy atom. The van der Waals surface area contributed by atoms with Gasteiger partial charge in [-0.25, -0.2) is 8.42 Å². The number of hydrogen-bond donors (Lipinski definition) is 2. The summed E-state index contributed by atoms with van der Waals surface area (Å²) in [5, 5.41) is 3.79. The van der Waals surface area contributed by atoms with Crippen LogP contribution in [0, 0.1) is 5.92 Å². The molecular weight excluding hydrogens is 282 g/mol. The monoisotopic (exact) mass is 303 g/mol. The molecule has 1 heterocycles. The third kappa shape index (κ3) is 3.39. The number of hydrogen-bond acceptors (Lipinski definition) is 6. The fraction of sp³-hybridized carbons (Fsp3) is 0.750. The highest BCUT2D eigenvalue weighted by Crippen LogP contribution is 2.33. The van der Waals surface area contributed by atoms with E-state index in [4.69, 9.17) is 5.73 Å². The van der Waals surface area contributed by atoms with Crippen molar-refractivity contribution in [3.63, 3.8) is 0 Å². The molecule has 0 radical (unpaired) electrons. The molecule has 3 N–H and O–H groups in total. The summed E-state index contributed by atoms with van der Waals surface area (Å²) in [4.78, 5) is 0.187. The van der Waals surface area contributed by atoms with Gasteiger partial charge in [0.25, 0.3) is 0 Å². The minimum Gasteiger partial charge on any atom is -0.382 e. The first-order valence-corrected chi connectivity index (χ1v) is 9.19. The first-order chi connectivity index (χ1) is 9.04. The molecule has 1 aromatic heterocycles. The largest absolute Gasteiger partial charge is 0.382 e. The third-order valence-electron chi connectivity index (χ3n) is 3.68. The fourth-order valence-corrected chi connectivity index (χ4v) is 4.73. The number of rotatable bonds is 6. The topological polar surface area (TPSA) is 85.1 Å². The van der Waals surface area contributed by atoms with Crippen LogP contribution in [-0.4, -0.2) is 25.1 Å². The zero-order valence-corrected chi connectivity index (χ0v) is 12.8. The second-order valence-electron chi connectivity index (χ2n) is 5.00. The molecule has 1 aliphatic rings. The van der Waals surface area contributed by atoms with E-state index in [2.05, 4.69) is 9.69 Å². The maximum atomic E-state index is 12.0. The van der Waals surface area contributed by atoms with Crippen molar-refractivity contribution in [3.05, 3.63) is 0 Å². The van der Waals surface area contributed by atoms with Gasteiger partial charge in [0.15, 0.2) is 15.7 Å². The SMILES string of the molecule is CCS(=O)(=O)c1c(N)nsc1NCCC1CCCC1. The van der Waals surface area contributed by atoms with Gasteiger partial charge in [0.2, 0.25) is 0 Å². The molecule has 0 spiro atoms. The molecule has 1 aromatic rings. The fourth-order valence-electron chi connectivity index (χ4n) is 2.54. The second kappa shape index (κ2) is 6.09. The maximum absolute atomic E-state index is 12.0. The summed E-state index contributed by atoms with van der Waals surface area (Å²) in [5.41, 5.74) is 5.68. The Labute approximate surface area is 118 Å². The highest BCUT2D eigenvalue weighted by molar-refractivity contribution is 7.91. The van der Waals surface area contributed by atoms with Crippen LogP contribution in [0.1, 0.15) is 39.0 Å². The summed E-state index contributed by atoms with van der Waals surface area (Å²) in [7, 11) is -3.31. The van der Waals surface area contributed by atoms with Gasteiger partial charge < -0.3 is 11.1 Å². The normalized spacial score (nSPS) is 16.9. The Morgan fingerprint density at radius 1 is 1.42 bits per heavy atom. The highest BCUT2D eigenvalue weighted by atomic mass is 32.2. The molecule has 5 nitrogen and oxygen atoms in total. The molecule has 1 fully saturated rings. The lowest BCUT2D eigenvalue weighted by atomic mass is 10.0. The van der Waals surface area contributed by atoms with E-state index in [9.17, 15) is 8.42 Å². The van der Waals surface area contributed by atoms with Crippen molar-refractivity contribution in [2.24, 2.45) is 5.92 Å². The average Bonchev–Trinajstić information content (AvgIpc) is 3.00. The number of nitrogens with zero attached hydrogens (tertiary/aromatic N) is 1. The molecule has 7 heteroatoms. The molecule has 19 heavy (non-hydrogen) atoms. The van der Waals surface area contributed by atoms with E-state index in [1.807, 2.05) is 0 Å². The van der Waals surface area contributed by atoms with Crippen molar-refractivity contribution in [2.75, 3.05) is 23.3 Å². The summed E-state index contributed by atoms with van der Waals surface area (Å²) < 4.78 is 27.9. The molecule has 0 saturated heterocycles. The van der Waals surface area contributed by atoms with Gasteiger partial charge in [-0.3, -0.25) is 0 Å². The summed E-state index contributed by atoms with van der Waals surface area (Å²) in [6.45, 7) is 2.41. The summed E-state index contributed by atoms with van der Waals surface area (Å²) in [6.07, 6.45) is 6.34. The minimum atomic E-state index is -3.31. The quantitative estimate of drug-likeness (QED) is 0.843. The van der Waals surface area contributed by atoms with Crippen molar-refractivity contribution in [1.29, 1.82) is 0 Å². The standard InChI is InChI=1S/C12H21N3O2S2/c1-2-19(16,17)10-11(13)15-18-12(10)14-8-7-9-5-3-4-6-9/h9,14H,2-8H2,1H3,(H2,13,15). The smallest absolute Gasteiger partial charge is 0.184 e. The van der Waals surface area contributed by atoms with E-state index in [1.54, 1.807) is 6.92 Å². The van der Waals surface area contributed by atoms with Crippen LogP contribution in [0.3, 0.4) is 0 Å². The zero-order valence-electron chi connectivity index (χ0n) is 11.2. The summed E-state index contributed by atoms with van der Waals surface area (Å²) >= 11 is 1.14. The molecule has 2 rings (SSSR count). The Hall–Kier alpha value is -0.820. The predicted octanol–water partition coefficient (Wildman–Crippen LogP) is 2.51. The van der Waals surface area contributed by atoms with E-state index in [1.165, 1.54) is 25.7 Å². The van der Waals surface area contributed by atoms with E-state index in [0.717, 1.165) is 30.4 Å². The number of aromatic nitrogens is 1. The van der Waals surface area contributed by atoms with Gasteiger partial charge in [0.1, 0.15) is 9.90 Å². The van der Waals surface area contributed by atoms with Crippen molar-refractivity contribution in [3.8, 4) is 0 Å². The number of nitrogen functional groups attached to an aromatic ring is 1. The van der Waals surface area contributed by atoms with Crippen LogP contribution in [0.25, 0.3) is 0 Å². The van der Waals surface area contributed by atoms with Crippen molar-refractivity contribution >= 4 is 32.2 Å². The van der Waals surface area contributed by atoms with E-state index in [-0.39, 0.29) is 16.5 Å². The molecule has 0 aromatic carbocycles. The first kappa shape index (κ1) is 14.6. The summed E-state index contributed by atoms with van der Waals surface area (Å²) in [6, 6.07) is 0.